The zero-order chi connectivity index (χ0) is 39.9. The van der Waals surface area contributed by atoms with E-state index in [0.717, 1.165) is 21.7 Å². The van der Waals surface area contributed by atoms with Crippen molar-refractivity contribution in [2.24, 2.45) is 5.73 Å². The van der Waals surface area contributed by atoms with Gasteiger partial charge < -0.3 is 26.1 Å². The Balaban J connectivity index is 0.896. The molecular formula is C36H35ClN14O3S3. The number of thiophene rings is 1. The highest BCUT2D eigenvalue weighted by atomic mass is 35.5. The minimum Gasteiger partial charge on any atom is -0.378 e. The van der Waals surface area contributed by atoms with E-state index in [0.29, 0.717) is 87.3 Å². The number of hydrogen-bond acceptors (Lipinski definition) is 15. The maximum atomic E-state index is 13.6. The van der Waals surface area contributed by atoms with E-state index < -0.39 is 5.91 Å². The molecule has 5 N–H and O–H groups in total. The molecule has 0 saturated heterocycles. The zero-order valence-electron chi connectivity index (χ0n) is 30.7. The Kier molecular flexibility index (Phi) is 12.6. The number of nitrogens with two attached hydrogens (primary N) is 1. The summed E-state index contributed by atoms with van der Waals surface area (Å²) in [4.78, 5) is 44.4. The Labute approximate surface area is 343 Å². The molecule has 0 aliphatic heterocycles. The number of thioether (sulfide) groups is 1. The van der Waals surface area contributed by atoms with E-state index in [-0.39, 0.29) is 23.5 Å². The number of ether oxygens (including phenoxy) is 1. The Hall–Kier alpha value is -5.56. The van der Waals surface area contributed by atoms with Gasteiger partial charge in [0.05, 0.1) is 42.9 Å². The topological polar surface area (TPSA) is 214 Å². The number of anilines is 1. The molecule has 1 aromatic carbocycles. The molecule has 0 unspecified atom stereocenters. The fraction of sp³-hybridized carbons (Fsp3) is 0.278. The first-order chi connectivity index (χ1) is 27.7. The van der Waals surface area contributed by atoms with Crippen molar-refractivity contribution in [1.82, 2.24) is 59.8 Å². The molecule has 0 bridgehead atoms. The summed E-state index contributed by atoms with van der Waals surface area (Å²) in [6.07, 6.45) is 3.45. The van der Waals surface area contributed by atoms with Gasteiger partial charge in [0.25, 0.3) is 11.5 Å². The van der Waals surface area contributed by atoms with Gasteiger partial charge in [-0.25, -0.2) is 28.9 Å². The van der Waals surface area contributed by atoms with Crippen molar-refractivity contribution in [2.75, 3.05) is 38.2 Å². The number of amides is 1. The first kappa shape index (κ1) is 39.7. The van der Waals surface area contributed by atoms with Gasteiger partial charge >= 0.3 is 0 Å². The van der Waals surface area contributed by atoms with Gasteiger partial charge in [0, 0.05) is 53.6 Å². The summed E-state index contributed by atoms with van der Waals surface area (Å²) in [7, 11) is 0. The van der Waals surface area contributed by atoms with Crippen LogP contribution in [0.25, 0.3) is 27.2 Å². The summed E-state index contributed by atoms with van der Waals surface area (Å²) in [5.74, 6) is 6.43. The second kappa shape index (κ2) is 18.1. The van der Waals surface area contributed by atoms with Crippen molar-refractivity contribution in [3.63, 3.8) is 0 Å². The van der Waals surface area contributed by atoms with Crippen LogP contribution in [0.1, 0.15) is 27.3 Å². The van der Waals surface area contributed by atoms with Crippen LogP contribution < -0.4 is 21.9 Å². The third-order valence-electron chi connectivity index (χ3n) is 8.31. The highest BCUT2D eigenvalue weighted by Gasteiger charge is 2.18. The lowest BCUT2D eigenvalue weighted by Gasteiger charge is -2.08. The van der Waals surface area contributed by atoms with Gasteiger partial charge in [-0.3, -0.25) is 9.59 Å². The molecule has 1 amide bonds. The number of nitrogens with one attached hydrogen (secondary N) is 3. The lowest BCUT2D eigenvalue weighted by atomic mass is 10.2. The minimum absolute atomic E-state index is 0.229. The lowest BCUT2D eigenvalue weighted by molar-refractivity contribution is -0.115. The SMILES string of the molecule is Cc1ccnc(-n2c(=S)[nH]c3sc(C)c(C#CC(=O)NCCOCCn4cc(CSc5nc(NCCN)c6nnn(Cc7ccc(Cl)cc7)c6n5)nn4)c3c2=O)c1. The van der Waals surface area contributed by atoms with E-state index in [1.54, 1.807) is 21.6 Å². The zero-order valence-corrected chi connectivity index (χ0v) is 33.9. The summed E-state index contributed by atoms with van der Waals surface area (Å²) in [5, 5.41) is 24.6. The van der Waals surface area contributed by atoms with Crippen LogP contribution in [0.5, 0.6) is 0 Å². The predicted molar refractivity (Wildman–Crippen MR) is 221 cm³/mol. The number of aromatic nitrogens is 11. The number of H-pyrrole nitrogens is 1. The highest BCUT2D eigenvalue weighted by Crippen LogP contribution is 2.27. The van der Waals surface area contributed by atoms with Crippen molar-refractivity contribution in [1.29, 1.82) is 0 Å². The number of halogens is 1. The third kappa shape index (κ3) is 9.53. The van der Waals surface area contributed by atoms with Crippen LogP contribution in [0, 0.1) is 30.5 Å². The van der Waals surface area contributed by atoms with Crippen LogP contribution in [0.4, 0.5) is 5.82 Å². The average molecular weight is 843 g/mol. The first-order valence-electron chi connectivity index (χ1n) is 17.6. The second-order valence-electron chi connectivity index (χ2n) is 12.5. The number of hydrogen-bond donors (Lipinski definition) is 4. The second-order valence-corrected chi connectivity index (χ2v) is 15.5. The van der Waals surface area contributed by atoms with E-state index in [1.807, 2.05) is 50.4 Å². The summed E-state index contributed by atoms with van der Waals surface area (Å²) in [5.41, 5.74) is 9.67. The van der Waals surface area contributed by atoms with E-state index >= 15 is 0 Å². The number of fused-ring (bicyclic) bond motifs is 2. The normalized spacial score (nSPS) is 11.2. The van der Waals surface area contributed by atoms with E-state index in [9.17, 15) is 9.59 Å². The molecule has 6 aromatic heterocycles. The molecule has 21 heteroatoms. The standard InChI is InChI=1S/C36H35ClN14O3S3/c1-21-9-11-39-27(17-21)51-34(53)29-26(22(2)57-33(29)44-36(51)55)7-8-28(52)40-13-15-54-16-14-49-19-25(45-47-49)20-56-35-42-31(41-12-10-38)30-32(43-35)50(48-46-30)18-23-3-5-24(37)6-4-23/h3-6,9,11,17,19H,10,12-16,18,20,38H2,1-2H3,(H,40,52)(H,44,55)(H,41,42,43). The Morgan fingerprint density at radius 1 is 1.12 bits per heavy atom. The monoisotopic (exact) mass is 842 g/mol. The molecule has 7 aromatic rings. The van der Waals surface area contributed by atoms with Crippen molar-refractivity contribution >= 4 is 80.0 Å². The quantitative estimate of drug-likeness (QED) is 0.0380. The first-order valence-corrected chi connectivity index (χ1v) is 20.2. The molecule has 0 aliphatic carbocycles. The molecule has 57 heavy (non-hydrogen) atoms. The maximum Gasteiger partial charge on any atom is 0.296 e. The number of nitrogens with zero attached hydrogens (tertiary/aromatic N) is 10. The number of pyridine rings is 1. The maximum absolute atomic E-state index is 13.6. The molecule has 6 heterocycles. The molecule has 292 valence electrons. The number of carbonyl (C=O) groups excluding carboxylic acids is 1. The summed E-state index contributed by atoms with van der Waals surface area (Å²) in [6, 6.07) is 11.1. The molecule has 0 atom stereocenters. The van der Waals surface area contributed by atoms with Crippen LogP contribution in [0.3, 0.4) is 0 Å². The highest BCUT2D eigenvalue weighted by molar-refractivity contribution is 7.98. The van der Waals surface area contributed by atoms with Gasteiger partial charge in [-0.05, 0) is 61.5 Å². The van der Waals surface area contributed by atoms with Gasteiger partial charge in [0.15, 0.2) is 26.9 Å². The van der Waals surface area contributed by atoms with Crippen LogP contribution in [-0.2, 0) is 28.4 Å². The predicted octanol–water partition coefficient (Wildman–Crippen LogP) is 3.80. The van der Waals surface area contributed by atoms with Crippen LogP contribution in [-0.4, -0.2) is 93.2 Å². The lowest BCUT2D eigenvalue weighted by Crippen LogP contribution is -2.26. The van der Waals surface area contributed by atoms with Crippen LogP contribution in [0.2, 0.25) is 5.02 Å². The van der Waals surface area contributed by atoms with E-state index in [4.69, 9.17) is 39.3 Å². The molecule has 0 saturated carbocycles. The van der Waals surface area contributed by atoms with Gasteiger partial charge in [0.2, 0.25) is 0 Å². The number of benzene rings is 1. The molecule has 7 rings (SSSR count). The molecule has 0 spiro atoms. The smallest absolute Gasteiger partial charge is 0.296 e. The molecule has 0 fully saturated rings. The average Bonchev–Trinajstić information content (AvgIpc) is 3.91. The van der Waals surface area contributed by atoms with Gasteiger partial charge in [-0.15, -0.1) is 21.5 Å². The van der Waals surface area contributed by atoms with Crippen molar-refractivity contribution in [3.05, 3.63) is 96.2 Å². The fourth-order valence-corrected chi connectivity index (χ4v) is 7.78. The van der Waals surface area contributed by atoms with Gasteiger partial charge in [-0.2, -0.15) is 0 Å². The summed E-state index contributed by atoms with van der Waals surface area (Å²) < 4.78 is 10.7. The van der Waals surface area contributed by atoms with Crippen molar-refractivity contribution in [2.45, 2.75) is 37.8 Å². The third-order valence-corrected chi connectivity index (χ3v) is 10.8. The molecule has 0 radical (unpaired) electrons. The van der Waals surface area contributed by atoms with Gasteiger partial charge in [-0.1, -0.05) is 51.8 Å². The van der Waals surface area contributed by atoms with Crippen LogP contribution in [0.15, 0.2) is 58.7 Å². The summed E-state index contributed by atoms with van der Waals surface area (Å²) in [6.45, 7) is 6.46. The number of aromatic amines is 1. The Bertz CT molecular complexity index is 2750. The van der Waals surface area contributed by atoms with Gasteiger partial charge in [0.1, 0.15) is 10.6 Å². The summed E-state index contributed by atoms with van der Waals surface area (Å²) >= 11 is 14.3. The number of aryl methyl sites for hydroxylation is 2. The fourth-order valence-electron chi connectivity index (χ4n) is 5.59. The number of rotatable bonds is 15. The molecule has 0 aliphatic rings. The Morgan fingerprint density at radius 3 is 2.77 bits per heavy atom. The minimum atomic E-state index is -0.493. The number of carbonyl (C=O) groups is 1. The van der Waals surface area contributed by atoms with E-state index in [1.165, 1.54) is 27.7 Å². The largest absolute Gasteiger partial charge is 0.378 e. The van der Waals surface area contributed by atoms with E-state index in [2.05, 4.69) is 58.1 Å². The van der Waals surface area contributed by atoms with Crippen LogP contribution >= 0.6 is 46.9 Å². The van der Waals surface area contributed by atoms with Crippen molar-refractivity contribution in [3.8, 4) is 17.7 Å². The van der Waals surface area contributed by atoms with Crippen molar-refractivity contribution < 1.29 is 9.53 Å². The Morgan fingerprint density at radius 2 is 1.96 bits per heavy atom. The molecular weight excluding hydrogens is 808 g/mol. The molecule has 17 nitrogen and oxygen atoms in total.